The Morgan fingerprint density at radius 2 is 1.48 bits per heavy atom. The number of likely N-dealkylation sites (tertiary alicyclic amines) is 1. The summed E-state index contributed by atoms with van der Waals surface area (Å²) < 4.78 is 11.9. The van der Waals surface area contributed by atoms with Crippen LogP contribution in [0.15, 0.2) is 138 Å². The van der Waals surface area contributed by atoms with Crippen molar-refractivity contribution in [2.75, 3.05) is 39.4 Å². The Bertz CT molecular complexity index is 2710. The highest BCUT2D eigenvalue weighted by Crippen LogP contribution is 2.35. The number of aromatic nitrogens is 1. The van der Waals surface area contributed by atoms with E-state index in [-0.39, 0.29) is 60.6 Å². The van der Waals surface area contributed by atoms with E-state index in [0.717, 1.165) is 63.7 Å². The third kappa shape index (κ3) is 12.7. The highest BCUT2D eigenvalue weighted by atomic mass is 16.5. The Morgan fingerprint density at radius 3 is 2.22 bits per heavy atom. The van der Waals surface area contributed by atoms with Crippen LogP contribution < -0.4 is 20.9 Å². The molecule has 1 aliphatic carbocycles. The van der Waals surface area contributed by atoms with Crippen LogP contribution in [0.1, 0.15) is 89.2 Å². The van der Waals surface area contributed by atoms with Gasteiger partial charge in [0.2, 0.25) is 11.2 Å². The number of aromatic hydroxyl groups is 1. The Labute approximate surface area is 402 Å². The average molecular weight is 935 g/mol. The fraction of sp³-hybridized carbons (Fsp3) is 0.357. The summed E-state index contributed by atoms with van der Waals surface area (Å²) >= 11 is 0. The van der Waals surface area contributed by atoms with Gasteiger partial charge in [0.15, 0.2) is 5.78 Å². The van der Waals surface area contributed by atoms with Crippen molar-refractivity contribution in [3.05, 3.63) is 177 Å². The number of ketones is 1. The molecule has 0 spiro atoms. The number of phenolic OH excluding ortho intramolecular Hbond substituents is 1. The number of aromatic amines is 1. The van der Waals surface area contributed by atoms with Gasteiger partial charge in [-0.15, -0.1) is 0 Å². The topological polar surface area (TPSA) is 191 Å². The molecule has 1 saturated carbocycles. The largest absolute Gasteiger partial charge is 0.506 e. The van der Waals surface area contributed by atoms with E-state index >= 15 is 0 Å². The van der Waals surface area contributed by atoms with Gasteiger partial charge < -0.3 is 40.4 Å². The smallest absolute Gasteiger partial charge is 0.347 e. The number of aliphatic hydroxyl groups excluding tert-OH is 1. The fourth-order valence-electron chi connectivity index (χ4n) is 9.62. The normalized spacial score (nSPS) is 17.9. The predicted molar refractivity (Wildman–Crippen MR) is 264 cm³/mol. The number of Topliss-reactive ketones (excluding diaryl/α,β-unsaturated/α-hetero) is 1. The first kappa shape index (κ1) is 48.8. The predicted octanol–water partition coefficient (Wildman–Crippen LogP) is 7.12. The molecule has 2 fully saturated rings. The summed E-state index contributed by atoms with van der Waals surface area (Å²) in [5.74, 6) is -0.262. The van der Waals surface area contributed by atoms with Crippen LogP contribution in [0, 0.1) is 11.8 Å². The number of benzene rings is 5. The lowest BCUT2D eigenvalue weighted by molar-refractivity contribution is -0.164. The molecule has 2 atom stereocenters. The summed E-state index contributed by atoms with van der Waals surface area (Å²) in [6.45, 7) is 3.63. The number of nitrogens with zero attached hydrogens (tertiary/aromatic N) is 1. The Balaban J connectivity index is 0.750. The van der Waals surface area contributed by atoms with Crippen LogP contribution >= 0.6 is 0 Å². The van der Waals surface area contributed by atoms with Gasteiger partial charge in [-0.1, -0.05) is 91.0 Å². The van der Waals surface area contributed by atoms with Crippen LogP contribution in [0.5, 0.6) is 11.5 Å². The van der Waals surface area contributed by atoms with E-state index in [1.54, 1.807) is 60.7 Å². The number of nitrogens with one attached hydrogen (secondary N) is 3. The molecule has 1 amide bonds. The summed E-state index contributed by atoms with van der Waals surface area (Å²) in [5, 5.41) is 40.2. The van der Waals surface area contributed by atoms with Crippen molar-refractivity contribution in [2.45, 2.75) is 75.7 Å². The van der Waals surface area contributed by atoms with E-state index in [4.69, 9.17) is 9.47 Å². The van der Waals surface area contributed by atoms with Crippen LogP contribution in [0.25, 0.3) is 10.9 Å². The fourth-order valence-corrected chi connectivity index (χ4v) is 9.62. The van der Waals surface area contributed by atoms with Crippen molar-refractivity contribution in [1.29, 1.82) is 0 Å². The number of ether oxygens (including phenoxy) is 2. The average Bonchev–Trinajstić information content (AvgIpc) is 3.38. The number of amides is 1. The molecule has 5 aromatic carbocycles. The molecule has 0 radical (unpaired) electrons. The van der Waals surface area contributed by atoms with Gasteiger partial charge in [0.25, 0.3) is 5.91 Å². The molecule has 6 N–H and O–H groups in total. The van der Waals surface area contributed by atoms with Crippen molar-refractivity contribution < 1.29 is 39.2 Å². The maximum absolute atomic E-state index is 13.9. The first-order valence-corrected chi connectivity index (χ1v) is 24.1. The first-order valence-electron chi connectivity index (χ1n) is 24.1. The number of rotatable bonds is 20. The number of hydrogen-bond acceptors (Lipinski definition) is 11. The lowest BCUT2D eigenvalue weighted by Crippen LogP contribution is -2.40. The van der Waals surface area contributed by atoms with Gasteiger partial charge in [0.1, 0.15) is 18.1 Å². The zero-order valence-electron chi connectivity index (χ0n) is 38.9. The molecule has 8 rings (SSSR count). The summed E-state index contributed by atoms with van der Waals surface area (Å²) in [7, 11) is 0. The van der Waals surface area contributed by atoms with Crippen LogP contribution in [0.2, 0.25) is 0 Å². The van der Waals surface area contributed by atoms with E-state index in [1.165, 1.54) is 17.7 Å². The molecule has 13 nitrogen and oxygen atoms in total. The quantitative estimate of drug-likeness (QED) is 0.0338. The number of fused-ring (bicyclic) bond motifs is 1. The minimum absolute atomic E-state index is 0.0112. The molecule has 0 bridgehead atoms. The zero-order chi connectivity index (χ0) is 48.2. The number of carbonyl (C=O) groups excluding carboxylic acids is 3. The molecule has 1 aromatic heterocycles. The second-order valence-corrected chi connectivity index (χ2v) is 18.6. The molecule has 0 unspecified atom stereocenters. The molecule has 360 valence electrons. The number of pyridine rings is 1. The maximum atomic E-state index is 13.9. The van der Waals surface area contributed by atoms with Crippen LogP contribution in [-0.2, 0) is 32.9 Å². The zero-order valence-corrected chi connectivity index (χ0v) is 38.9. The minimum Gasteiger partial charge on any atom is -0.506 e. The van der Waals surface area contributed by atoms with E-state index in [9.17, 15) is 34.5 Å². The lowest BCUT2D eigenvalue weighted by Gasteiger charge is -2.33. The lowest BCUT2D eigenvalue weighted by atomic mass is 9.83. The van der Waals surface area contributed by atoms with Gasteiger partial charge in [-0.25, -0.2) is 4.79 Å². The molecule has 69 heavy (non-hydrogen) atoms. The number of piperidine rings is 1. The van der Waals surface area contributed by atoms with Gasteiger partial charge in [-0.2, -0.15) is 0 Å². The van der Waals surface area contributed by atoms with Gasteiger partial charge >= 0.3 is 5.97 Å². The van der Waals surface area contributed by atoms with Crippen molar-refractivity contribution in [3.8, 4) is 11.5 Å². The Kier molecular flexibility index (Phi) is 16.3. The van der Waals surface area contributed by atoms with Gasteiger partial charge in [0.05, 0.1) is 18.2 Å². The molecular formula is C56H62N4O9. The number of H-pyrrole nitrogens is 1. The molecule has 13 heteroatoms. The molecule has 1 aliphatic heterocycles. The SMILES string of the molecule is O=C(COc1cccc([C@](O)(C(=O)OCC2CCN(Cc3ccccc3)CC2)c2ccccc2)c1)CC1CCC(NC(=O)c2ccc(CCNC[C@H](O)c3ccc(O)c4[nH]c(=O)ccc34)cc2)CC1. The van der Waals surface area contributed by atoms with Gasteiger partial charge in [0, 0.05) is 48.1 Å². The summed E-state index contributed by atoms with van der Waals surface area (Å²) in [6.07, 6.45) is 5.10. The molecule has 6 aromatic rings. The molecule has 1 saturated heterocycles. The number of carbonyl (C=O) groups is 3. The van der Waals surface area contributed by atoms with Crippen LogP contribution in [0.3, 0.4) is 0 Å². The van der Waals surface area contributed by atoms with Crippen molar-refractivity contribution in [1.82, 2.24) is 20.5 Å². The van der Waals surface area contributed by atoms with Crippen molar-refractivity contribution in [2.24, 2.45) is 11.8 Å². The van der Waals surface area contributed by atoms with Crippen LogP contribution in [-0.4, -0.2) is 88.3 Å². The monoisotopic (exact) mass is 934 g/mol. The summed E-state index contributed by atoms with van der Waals surface area (Å²) in [6, 6.07) is 39.4. The number of esters is 1. The van der Waals surface area contributed by atoms with Crippen molar-refractivity contribution in [3.63, 3.8) is 0 Å². The minimum atomic E-state index is -2.08. The van der Waals surface area contributed by atoms with Gasteiger partial charge in [-0.05, 0) is 135 Å². The first-order chi connectivity index (χ1) is 33.5. The third-order valence-corrected chi connectivity index (χ3v) is 13.7. The Morgan fingerprint density at radius 1 is 0.768 bits per heavy atom. The standard InChI is InChI=1S/C56H62N4O9/c61-46(37-68-47-13-7-12-44(33-47)56(67,43-10-5-2-6-11-43)55(66)69-36-41-27-30-60(31-28-41)35-40-8-3-1-4-9-40)32-39-16-20-45(21-17-39)58-54(65)42-18-14-38(15-19-42)26-29-57-34-51(63)48-22-24-50(62)53-49(48)23-25-52(64)59-53/h1-15,18-19,22-25,33,39,41,45,51,57,62-63,67H,16-17,20-21,26-32,34-37H2,(H,58,65)(H,59,64)/t39?,45?,51-,56-/m0/s1. The summed E-state index contributed by atoms with van der Waals surface area (Å²) in [5.41, 5.74) is 2.03. The molecule has 2 heterocycles. The molecule has 2 aliphatic rings. The van der Waals surface area contributed by atoms with Crippen molar-refractivity contribution >= 4 is 28.6 Å². The Hall–Kier alpha value is -6.64. The van der Waals surface area contributed by atoms with E-state index in [2.05, 4.69) is 44.8 Å². The second-order valence-electron chi connectivity index (χ2n) is 18.6. The van der Waals surface area contributed by atoms with Gasteiger partial charge in [-0.3, -0.25) is 19.3 Å². The second kappa shape index (κ2) is 23.1. The van der Waals surface area contributed by atoms with Crippen LogP contribution in [0.4, 0.5) is 0 Å². The third-order valence-electron chi connectivity index (χ3n) is 13.7. The van der Waals surface area contributed by atoms with E-state index in [0.29, 0.717) is 58.3 Å². The highest BCUT2D eigenvalue weighted by molar-refractivity contribution is 5.94. The van der Waals surface area contributed by atoms with E-state index in [1.807, 2.05) is 36.4 Å². The number of phenols is 1. The number of hydrogen-bond donors (Lipinski definition) is 6. The summed E-state index contributed by atoms with van der Waals surface area (Å²) in [4.78, 5) is 57.0. The maximum Gasteiger partial charge on any atom is 0.347 e. The molecular weight excluding hydrogens is 873 g/mol. The highest BCUT2D eigenvalue weighted by Gasteiger charge is 2.42. The number of aliphatic hydroxyl groups is 2. The van der Waals surface area contributed by atoms with E-state index < -0.39 is 17.7 Å².